The lowest BCUT2D eigenvalue weighted by molar-refractivity contribution is 0.693. The van der Waals surface area contributed by atoms with Crippen molar-refractivity contribution in [1.29, 1.82) is 5.26 Å². The predicted octanol–water partition coefficient (Wildman–Crippen LogP) is 3.52. The molecule has 92 valence electrons. The maximum absolute atomic E-state index is 8.98. The number of hydrogen-bond donors (Lipinski definition) is 2. The Kier molecular flexibility index (Phi) is 3.85. The highest BCUT2D eigenvalue weighted by atomic mass is 32.2. The van der Waals surface area contributed by atoms with Gasteiger partial charge in [-0.05, 0) is 25.0 Å². The van der Waals surface area contributed by atoms with E-state index in [9.17, 15) is 0 Å². The first-order chi connectivity index (χ1) is 8.21. The van der Waals surface area contributed by atoms with Crippen molar-refractivity contribution < 1.29 is 0 Å². The van der Waals surface area contributed by atoms with Gasteiger partial charge in [0.1, 0.15) is 15.9 Å². The number of thiophene rings is 1. The summed E-state index contributed by atoms with van der Waals surface area (Å²) in [5.41, 5.74) is 6.58. The van der Waals surface area contributed by atoms with E-state index in [1.54, 1.807) is 11.8 Å². The van der Waals surface area contributed by atoms with E-state index in [1.165, 1.54) is 30.6 Å². The monoisotopic (exact) mass is 267 g/mol. The van der Waals surface area contributed by atoms with Gasteiger partial charge in [-0.2, -0.15) is 5.26 Å². The summed E-state index contributed by atoms with van der Waals surface area (Å²) < 4.78 is 0. The molecule has 2 rings (SSSR count). The summed E-state index contributed by atoms with van der Waals surface area (Å²) in [4.78, 5) is 1.67. The number of nitrogens with zero attached hydrogens (tertiary/aromatic N) is 1. The summed E-state index contributed by atoms with van der Waals surface area (Å²) in [5.74, 6) is 0.809. The lowest BCUT2D eigenvalue weighted by atomic mass is 10.2. The van der Waals surface area contributed by atoms with E-state index in [2.05, 4.69) is 18.3 Å². The van der Waals surface area contributed by atoms with Crippen LogP contribution < -0.4 is 11.1 Å². The van der Waals surface area contributed by atoms with E-state index in [0.29, 0.717) is 16.6 Å². The van der Waals surface area contributed by atoms with E-state index in [0.717, 1.165) is 15.8 Å². The number of nitriles is 1. The molecule has 0 amide bonds. The quantitative estimate of drug-likeness (QED) is 0.801. The summed E-state index contributed by atoms with van der Waals surface area (Å²) in [6.45, 7) is 2.22. The third-order valence-electron chi connectivity index (χ3n) is 3.10. The van der Waals surface area contributed by atoms with E-state index in [4.69, 9.17) is 11.0 Å². The molecule has 0 radical (unpaired) electrons. The van der Waals surface area contributed by atoms with Crippen LogP contribution in [0.5, 0.6) is 0 Å². The average Bonchev–Trinajstić information content (AvgIpc) is 2.96. The van der Waals surface area contributed by atoms with E-state index in [1.807, 2.05) is 6.26 Å². The van der Waals surface area contributed by atoms with Crippen LogP contribution in [-0.2, 0) is 0 Å². The van der Waals surface area contributed by atoms with E-state index in [-0.39, 0.29) is 0 Å². The molecule has 1 aromatic heterocycles. The first-order valence-electron chi connectivity index (χ1n) is 5.84. The summed E-state index contributed by atoms with van der Waals surface area (Å²) in [5, 5.41) is 13.6. The molecule has 0 saturated heterocycles. The van der Waals surface area contributed by atoms with Crippen LogP contribution in [0.15, 0.2) is 4.90 Å². The van der Waals surface area contributed by atoms with Gasteiger partial charge in [-0.25, -0.2) is 0 Å². The summed E-state index contributed by atoms with van der Waals surface area (Å²) >= 11 is 3.10. The molecule has 3 nitrogen and oxygen atoms in total. The third kappa shape index (κ3) is 2.53. The first-order valence-corrected chi connectivity index (χ1v) is 7.88. The Morgan fingerprint density at radius 3 is 3.00 bits per heavy atom. The molecule has 0 aliphatic heterocycles. The number of thioether (sulfide) groups is 1. The van der Waals surface area contributed by atoms with Gasteiger partial charge in [-0.15, -0.1) is 23.1 Å². The highest BCUT2D eigenvalue weighted by Crippen LogP contribution is 2.45. The van der Waals surface area contributed by atoms with Gasteiger partial charge >= 0.3 is 0 Å². The van der Waals surface area contributed by atoms with Crippen LogP contribution in [0.3, 0.4) is 0 Å². The van der Waals surface area contributed by atoms with Crippen LogP contribution in [0.1, 0.15) is 31.1 Å². The Morgan fingerprint density at radius 2 is 2.41 bits per heavy atom. The highest BCUT2D eigenvalue weighted by Gasteiger charge is 2.36. The van der Waals surface area contributed by atoms with Crippen molar-refractivity contribution in [3.05, 3.63) is 4.88 Å². The first kappa shape index (κ1) is 12.6. The number of nitrogen functional groups attached to an aromatic ring is 1. The Hall–Kier alpha value is -0.860. The van der Waals surface area contributed by atoms with Gasteiger partial charge in [0.2, 0.25) is 0 Å². The molecule has 1 heterocycles. The SMILES string of the molecule is CCCC1CC1Nc1sc(C#N)c(N)c1SC. The predicted molar refractivity (Wildman–Crippen MR) is 75.7 cm³/mol. The normalized spacial score (nSPS) is 22.2. The van der Waals surface area contributed by atoms with Gasteiger partial charge in [-0.1, -0.05) is 13.3 Å². The Morgan fingerprint density at radius 1 is 1.65 bits per heavy atom. The van der Waals surface area contributed by atoms with Gasteiger partial charge in [0.25, 0.3) is 0 Å². The molecule has 17 heavy (non-hydrogen) atoms. The molecule has 1 fully saturated rings. The van der Waals surface area contributed by atoms with Crippen molar-refractivity contribution in [3.8, 4) is 6.07 Å². The largest absolute Gasteiger partial charge is 0.396 e. The van der Waals surface area contributed by atoms with Crippen molar-refractivity contribution in [2.24, 2.45) is 5.92 Å². The number of anilines is 2. The van der Waals surface area contributed by atoms with Crippen LogP contribution in [0.25, 0.3) is 0 Å². The molecule has 1 saturated carbocycles. The average molecular weight is 267 g/mol. The number of rotatable bonds is 5. The second-order valence-corrected chi connectivity index (χ2v) is 6.19. The van der Waals surface area contributed by atoms with Crippen molar-refractivity contribution >= 4 is 33.8 Å². The van der Waals surface area contributed by atoms with Gasteiger partial charge in [0.15, 0.2) is 0 Å². The second kappa shape index (κ2) is 5.19. The van der Waals surface area contributed by atoms with Crippen molar-refractivity contribution in [1.82, 2.24) is 0 Å². The topological polar surface area (TPSA) is 61.8 Å². The summed E-state index contributed by atoms with van der Waals surface area (Å²) in [7, 11) is 0. The zero-order valence-electron chi connectivity index (χ0n) is 10.1. The third-order valence-corrected chi connectivity index (χ3v) is 5.11. The molecule has 2 atom stereocenters. The standard InChI is InChI=1S/C12H17N3S2/c1-3-4-7-5-8(7)15-12-11(16-2)10(14)9(6-13)17-12/h7-8,15H,3-5,14H2,1-2H3. The van der Waals surface area contributed by atoms with Crippen LogP contribution in [-0.4, -0.2) is 12.3 Å². The molecule has 3 N–H and O–H groups in total. The molecule has 1 aliphatic carbocycles. The molecule has 0 aromatic carbocycles. The molecule has 0 bridgehead atoms. The molecular formula is C12H17N3S2. The molecule has 5 heteroatoms. The zero-order valence-corrected chi connectivity index (χ0v) is 11.8. The minimum atomic E-state index is 0.588. The van der Waals surface area contributed by atoms with Crippen LogP contribution >= 0.6 is 23.1 Å². The van der Waals surface area contributed by atoms with Gasteiger partial charge in [-0.3, -0.25) is 0 Å². The van der Waals surface area contributed by atoms with Crippen LogP contribution in [0.2, 0.25) is 0 Å². The highest BCUT2D eigenvalue weighted by molar-refractivity contribution is 7.99. The van der Waals surface area contributed by atoms with Gasteiger partial charge in [0.05, 0.1) is 10.6 Å². The van der Waals surface area contributed by atoms with Crippen molar-refractivity contribution in [3.63, 3.8) is 0 Å². The fourth-order valence-electron chi connectivity index (χ4n) is 2.09. The summed E-state index contributed by atoms with van der Waals surface area (Å²) in [6, 6.07) is 2.75. The Labute approximate surface area is 110 Å². The lowest BCUT2D eigenvalue weighted by Gasteiger charge is -2.05. The smallest absolute Gasteiger partial charge is 0.131 e. The van der Waals surface area contributed by atoms with E-state index >= 15 is 0 Å². The molecule has 1 aliphatic rings. The maximum Gasteiger partial charge on any atom is 0.131 e. The van der Waals surface area contributed by atoms with Crippen molar-refractivity contribution in [2.75, 3.05) is 17.3 Å². The fourth-order valence-corrected chi connectivity index (χ4v) is 3.97. The number of nitrogens with one attached hydrogen (secondary N) is 1. The number of hydrogen-bond acceptors (Lipinski definition) is 5. The minimum absolute atomic E-state index is 0.588. The van der Waals surface area contributed by atoms with Crippen LogP contribution in [0.4, 0.5) is 10.7 Å². The minimum Gasteiger partial charge on any atom is -0.396 e. The Balaban J connectivity index is 2.09. The number of nitrogens with two attached hydrogens (primary N) is 1. The van der Waals surface area contributed by atoms with E-state index < -0.39 is 0 Å². The van der Waals surface area contributed by atoms with Gasteiger partial charge in [0, 0.05) is 6.04 Å². The Bertz CT molecular complexity index is 447. The molecule has 0 spiro atoms. The maximum atomic E-state index is 8.98. The second-order valence-electron chi connectivity index (χ2n) is 4.35. The molecular weight excluding hydrogens is 250 g/mol. The molecule has 2 unspecified atom stereocenters. The summed E-state index contributed by atoms with van der Waals surface area (Å²) in [6.07, 6.45) is 5.79. The van der Waals surface area contributed by atoms with Crippen molar-refractivity contribution in [2.45, 2.75) is 37.1 Å². The molecule has 1 aromatic rings. The zero-order chi connectivity index (χ0) is 12.4. The van der Waals surface area contributed by atoms with Crippen LogP contribution in [0, 0.1) is 17.2 Å². The lowest BCUT2D eigenvalue weighted by Crippen LogP contribution is -2.03. The van der Waals surface area contributed by atoms with Gasteiger partial charge < -0.3 is 11.1 Å². The fraction of sp³-hybridized carbons (Fsp3) is 0.583.